The van der Waals surface area contributed by atoms with Crippen LogP contribution in [0.5, 0.6) is 0 Å². The molecule has 2 aromatic carbocycles. The van der Waals surface area contributed by atoms with Crippen molar-refractivity contribution < 1.29 is 26.4 Å². The molecule has 0 spiro atoms. The van der Waals surface area contributed by atoms with Gasteiger partial charge in [0.2, 0.25) is 15.9 Å². The number of carbonyl (C=O) groups excluding carboxylic acids is 1. The van der Waals surface area contributed by atoms with Gasteiger partial charge in [-0.25, -0.2) is 21.6 Å². The minimum Gasteiger partial charge on any atom is -0.325 e. The largest absolute Gasteiger partial charge is 0.325 e. The Morgan fingerprint density at radius 2 is 1.54 bits per heavy atom. The third kappa shape index (κ3) is 4.70. The Labute approximate surface area is 160 Å². The predicted molar refractivity (Wildman–Crippen MR) is 96.6 cm³/mol. The Morgan fingerprint density at radius 1 is 0.929 bits per heavy atom. The maximum Gasteiger partial charge on any atom is 0.246 e. The number of carbonyl (C=O) groups is 1. The van der Waals surface area contributed by atoms with Gasteiger partial charge in [0.25, 0.3) is 0 Å². The van der Waals surface area contributed by atoms with E-state index in [4.69, 9.17) is 0 Å². The van der Waals surface area contributed by atoms with E-state index in [-0.39, 0.29) is 38.6 Å². The molecule has 0 bridgehead atoms. The predicted octanol–water partition coefficient (Wildman–Crippen LogP) is 2.05. The second-order valence-corrected chi connectivity index (χ2v) is 8.22. The smallest absolute Gasteiger partial charge is 0.246 e. The van der Waals surface area contributed by atoms with Crippen molar-refractivity contribution in [2.24, 2.45) is 0 Å². The number of anilines is 1. The van der Waals surface area contributed by atoms with Gasteiger partial charge in [0.1, 0.15) is 22.3 Å². The Bertz CT molecular complexity index is 960. The topological polar surface area (TPSA) is 69.7 Å². The van der Waals surface area contributed by atoms with E-state index in [2.05, 4.69) is 5.32 Å². The first-order valence-corrected chi connectivity index (χ1v) is 9.93. The summed E-state index contributed by atoms with van der Waals surface area (Å²) in [6.45, 7) is 0.736. The molecular formula is C18H18F3N3O3S. The van der Waals surface area contributed by atoms with Gasteiger partial charge in [-0.2, -0.15) is 4.31 Å². The highest BCUT2D eigenvalue weighted by molar-refractivity contribution is 7.89. The van der Waals surface area contributed by atoms with E-state index in [1.165, 1.54) is 24.3 Å². The fourth-order valence-corrected chi connectivity index (χ4v) is 4.36. The van der Waals surface area contributed by atoms with Crippen LogP contribution < -0.4 is 5.32 Å². The molecule has 1 aliphatic heterocycles. The van der Waals surface area contributed by atoms with Crippen LogP contribution >= 0.6 is 0 Å². The van der Waals surface area contributed by atoms with Crippen LogP contribution in [0.4, 0.5) is 18.9 Å². The quantitative estimate of drug-likeness (QED) is 0.815. The molecule has 1 aliphatic rings. The summed E-state index contributed by atoms with van der Waals surface area (Å²) in [4.78, 5) is 13.3. The normalized spacial score (nSPS) is 16.1. The molecule has 2 aromatic rings. The number of amides is 1. The number of hydrogen-bond acceptors (Lipinski definition) is 4. The molecule has 1 N–H and O–H groups in total. The van der Waals surface area contributed by atoms with Crippen molar-refractivity contribution in [1.29, 1.82) is 0 Å². The van der Waals surface area contributed by atoms with Gasteiger partial charge >= 0.3 is 0 Å². The van der Waals surface area contributed by atoms with Gasteiger partial charge < -0.3 is 5.32 Å². The molecule has 1 fully saturated rings. The second kappa shape index (κ2) is 8.29. The van der Waals surface area contributed by atoms with Crippen molar-refractivity contribution in [3.8, 4) is 0 Å². The number of halogens is 3. The van der Waals surface area contributed by atoms with Gasteiger partial charge in [0.05, 0.1) is 6.54 Å². The summed E-state index contributed by atoms with van der Waals surface area (Å²) in [6.07, 6.45) is 0. The lowest BCUT2D eigenvalue weighted by Gasteiger charge is -2.33. The Balaban J connectivity index is 1.56. The highest BCUT2D eigenvalue weighted by Gasteiger charge is 2.31. The molecule has 0 aromatic heterocycles. The zero-order valence-electron chi connectivity index (χ0n) is 14.7. The standard InChI is InChI=1S/C18H18F3N3O3S/c19-13-1-4-15(5-2-13)22-18(25)12-23-7-9-24(10-8-23)28(26,27)17-6-3-14(20)11-16(17)21/h1-6,11H,7-10,12H2,(H,22,25). The van der Waals surface area contributed by atoms with Gasteiger partial charge in [-0.1, -0.05) is 0 Å². The molecule has 150 valence electrons. The fourth-order valence-electron chi connectivity index (χ4n) is 2.89. The third-order valence-electron chi connectivity index (χ3n) is 4.34. The van der Waals surface area contributed by atoms with Crippen LogP contribution in [0, 0.1) is 17.5 Å². The average molecular weight is 413 g/mol. The minimum absolute atomic E-state index is 0.0379. The second-order valence-electron chi connectivity index (χ2n) is 6.31. The van der Waals surface area contributed by atoms with Crippen LogP contribution in [-0.2, 0) is 14.8 Å². The number of nitrogens with zero attached hydrogens (tertiary/aromatic N) is 2. The molecule has 1 saturated heterocycles. The minimum atomic E-state index is -4.09. The van der Waals surface area contributed by atoms with Gasteiger partial charge in [-0.15, -0.1) is 0 Å². The molecule has 3 rings (SSSR count). The van der Waals surface area contributed by atoms with E-state index >= 15 is 0 Å². The number of rotatable bonds is 5. The Hall–Kier alpha value is -2.43. The summed E-state index contributed by atoms with van der Waals surface area (Å²) in [6, 6.07) is 7.67. The van der Waals surface area contributed by atoms with Gasteiger partial charge in [-0.05, 0) is 36.4 Å². The van der Waals surface area contributed by atoms with Crippen molar-refractivity contribution >= 4 is 21.6 Å². The lowest BCUT2D eigenvalue weighted by atomic mass is 10.3. The average Bonchev–Trinajstić information content (AvgIpc) is 2.64. The molecule has 10 heteroatoms. The molecular weight excluding hydrogens is 395 g/mol. The van der Waals surface area contributed by atoms with E-state index in [0.717, 1.165) is 16.4 Å². The van der Waals surface area contributed by atoms with Crippen LogP contribution in [0.3, 0.4) is 0 Å². The van der Waals surface area contributed by atoms with Crippen LogP contribution in [0.2, 0.25) is 0 Å². The summed E-state index contributed by atoms with van der Waals surface area (Å²) in [7, 11) is -4.09. The number of sulfonamides is 1. The van der Waals surface area contributed by atoms with Crippen LogP contribution in [-0.4, -0.2) is 56.3 Å². The van der Waals surface area contributed by atoms with Crippen molar-refractivity contribution in [3.63, 3.8) is 0 Å². The number of hydrogen-bond donors (Lipinski definition) is 1. The summed E-state index contributed by atoms with van der Waals surface area (Å²) in [5.41, 5.74) is 0.458. The Kier molecular flexibility index (Phi) is 6.01. The SMILES string of the molecule is O=C(CN1CCN(S(=O)(=O)c2ccc(F)cc2F)CC1)Nc1ccc(F)cc1. The zero-order valence-corrected chi connectivity index (χ0v) is 15.6. The number of nitrogens with one attached hydrogen (secondary N) is 1. The molecule has 28 heavy (non-hydrogen) atoms. The molecule has 0 unspecified atom stereocenters. The van der Waals surface area contributed by atoms with Gasteiger partial charge in [-0.3, -0.25) is 9.69 Å². The zero-order chi connectivity index (χ0) is 20.3. The van der Waals surface area contributed by atoms with E-state index in [9.17, 15) is 26.4 Å². The van der Waals surface area contributed by atoms with Crippen molar-refractivity contribution in [2.75, 3.05) is 38.0 Å². The number of piperazine rings is 1. The highest BCUT2D eigenvalue weighted by atomic mass is 32.2. The first-order chi connectivity index (χ1) is 13.3. The summed E-state index contributed by atoms with van der Waals surface area (Å²) < 4.78 is 66.0. The molecule has 1 amide bonds. The molecule has 1 heterocycles. The summed E-state index contributed by atoms with van der Waals surface area (Å²) in [5.74, 6) is -2.71. The van der Waals surface area contributed by atoms with E-state index in [0.29, 0.717) is 11.8 Å². The van der Waals surface area contributed by atoms with Crippen molar-refractivity contribution in [3.05, 3.63) is 59.9 Å². The van der Waals surface area contributed by atoms with Crippen molar-refractivity contribution in [2.45, 2.75) is 4.90 Å². The molecule has 0 aliphatic carbocycles. The van der Waals surface area contributed by atoms with E-state index in [1.807, 2.05) is 0 Å². The van der Waals surface area contributed by atoms with E-state index < -0.39 is 32.4 Å². The first-order valence-electron chi connectivity index (χ1n) is 8.49. The first kappa shape index (κ1) is 20.3. The maximum absolute atomic E-state index is 13.8. The monoisotopic (exact) mass is 413 g/mol. The maximum atomic E-state index is 13.8. The molecule has 0 saturated carbocycles. The van der Waals surface area contributed by atoms with Gasteiger partial charge in [0.15, 0.2) is 0 Å². The summed E-state index contributed by atoms with van der Waals surface area (Å²) in [5, 5.41) is 2.63. The summed E-state index contributed by atoms with van der Waals surface area (Å²) >= 11 is 0. The van der Waals surface area contributed by atoms with Crippen LogP contribution in [0.1, 0.15) is 0 Å². The van der Waals surface area contributed by atoms with Crippen LogP contribution in [0.25, 0.3) is 0 Å². The third-order valence-corrected chi connectivity index (χ3v) is 6.27. The highest BCUT2D eigenvalue weighted by Crippen LogP contribution is 2.21. The van der Waals surface area contributed by atoms with Gasteiger partial charge in [0, 0.05) is 37.9 Å². The molecule has 0 radical (unpaired) electrons. The van der Waals surface area contributed by atoms with Crippen LogP contribution in [0.15, 0.2) is 47.4 Å². The van der Waals surface area contributed by atoms with Crippen molar-refractivity contribution in [1.82, 2.24) is 9.21 Å². The Morgan fingerprint density at radius 3 is 2.14 bits per heavy atom. The van der Waals surface area contributed by atoms with E-state index in [1.54, 1.807) is 4.90 Å². The fraction of sp³-hybridized carbons (Fsp3) is 0.278. The molecule has 6 nitrogen and oxygen atoms in total. The number of benzene rings is 2. The lowest BCUT2D eigenvalue weighted by Crippen LogP contribution is -2.50. The lowest BCUT2D eigenvalue weighted by molar-refractivity contribution is -0.117. The molecule has 0 atom stereocenters.